The number of hydrogen-bond acceptors (Lipinski definition) is 8. The topological polar surface area (TPSA) is 108 Å². The van der Waals surface area contributed by atoms with Gasteiger partial charge in [0.1, 0.15) is 22.5 Å². The molecule has 1 amide bonds. The Morgan fingerprint density at radius 3 is 2.65 bits per heavy atom. The van der Waals surface area contributed by atoms with Crippen LogP contribution in [-0.2, 0) is 22.6 Å². The summed E-state index contributed by atoms with van der Waals surface area (Å²) >= 11 is 0. The van der Waals surface area contributed by atoms with Crippen LogP contribution in [0.2, 0.25) is 0 Å². The van der Waals surface area contributed by atoms with Crippen molar-refractivity contribution in [3.63, 3.8) is 0 Å². The lowest BCUT2D eigenvalue weighted by Gasteiger charge is -2.33. The molecule has 1 saturated carbocycles. The molecular formula is C35H44FN9O3. The van der Waals surface area contributed by atoms with Crippen molar-refractivity contribution < 1.29 is 18.7 Å². The zero-order chi connectivity index (χ0) is 33.6. The van der Waals surface area contributed by atoms with Crippen LogP contribution in [0.3, 0.4) is 0 Å². The van der Waals surface area contributed by atoms with Crippen molar-refractivity contribution in [3.8, 4) is 11.3 Å². The van der Waals surface area contributed by atoms with Crippen LogP contribution in [0.1, 0.15) is 76.8 Å². The van der Waals surface area contributed by atoms with Crippen LogP contribution in [0, 0.1) is 11.7 Å². The third-order valence-corrected chi connectivity index (χ3v) is 9.14. The SMILES string of the molecule is CN(C)c1cc(-c2cn(Cc3cn4cc(CN(CC5CCC5)C(=O)OC(C)(C)C)ccc4n3)nn2)c2cnn(C3CCCCO3)c2c1F. The molecule has 1 saturated heterocycles. The molecule has 5 aromatic rings. The first-order chi connectivity index (χ1) is 23.0. The molecule has 5 heterocycles. The number of anilines is 1. The van der Waals surface area contributed by atoms with Gasteiger partial charge >= 0.3 is 6.09 Å². The Bertz CT molecular complexity index is 1930. The summed E-state index contributed by atoms with van der Waals surface area (Å²) in [6.07, 6.45) is 13.3. The van der Waals surface area contributed by atoms with Gasteiger partial charge in [-0.1, -0.05) is 17.7 Å². The number of halogens is 1. The summed E-state index contributed by atoms with van der Waals surface area (Å²) < 4.78 is 33.0. The maximum Gasteiger partial charge on any atom is 0.410 e. The number of hydrogen-bond donors (Lipinski definition) is 0. The van der Waals surface area contributed by atoms with Crippen molar-refractivity contribution >= 4 is 28.3 Å². The van der Waals surface area contributed by atoms with Crippen LogP contribution in [0.25, 0.3) is 27.8 Å². The number of benzene rings is 1. The third-order valence-electron chi connectivity index (χ3n) is 9.14. The van der Waals surface area contributed by atoms with Crippen LogP contribution in [0.15, 0.2) is 43.0 Å². The molecule has 1 atom stereocenters. The number of fused-ring (bicyclic) bond motifs is 2. The van der Waals surface area contributed by atoms with Crippen LogP contribution in [0.4, 0.5) is 14.9 Å². The van der Waals surface area contributed by atoms with E-state index < -0.39 is 5.60 Å². The average molecular weight is 658 g/mol. The summed E-state index contributed by atoms with van der Waals surface area (Å²) in [6, 6.07) is 5.78. The number of imidazole rings is 1. The van der Waals surface area contributed by atoms with Crippen LogP contribution in [-0.4, -0.2) is 78.0 Å². The Hall–Kier alpha value is -4.52. The van der Waals surface area contributed by atoms with E-state index in [4.69, 9.17) is 14.5 Å². The molecule has 0 N–H and O–H groups in total. The van der Waals surface area contributed by atoms with E-state index in [0.29, 0.717) is 54.4 Å². The van der Waals surface area contributed by atoms with Gasteiger partial charge in [0.15, 0.2) is 12.0 Å². The highest BCUT2D eigenvalue weighted by Crippen LogP contribution is 2.37. The number of nitrogens with zero attached hydrogens (tertiary/aromatic N) is 9. The minimum Gasteiger partial charge on any atom is -0.444 e. The zero-order valence-electron chi connectivity index (χ0n) is 28.4. The third kappa shape index (κ3) is 6.60. The average Bonchev–Trinajstić information content (AvgIpc) is 3.76. The zero-order valence-corrected chi connectivity index (χ0v) is 28.4. The molecule has 2 aliphatic rings. The van der Waals surface area contributed by atoms with Gasteiger partial charge in [0.2, 0.25) is 0 Å². The molecule has 0 radical (unpaired) electrons. The molecule has 1 aromatic carbocycles. The summed E-state index contributed by atoms with van der Waals surface area (Å²) in [5.74, 6) is 0.190. The van der Waals surface area contributed by atoms with Crippen molar-refractivity contribution in [2.24, 2.45) is 5.92 Å². The number of aromatic nitrogens is 7. The van der Waals surface area contributed by atoms with E-state index in [-0.39, 0.29) is 18.1 Å². The number of ether oxygens (including phenoxy) is 2. The Kier molecular flexibility index (Phi) is 8.57. The van der Waals surface area contributed by atoms with Gasteiger partial charge in [0.25, 0.3) is 0 Å². The second-order valence-corrected chi connectivity index (χ2v) is 14.3. The van der Waals surface area contributed by atoms with E-state index >= 15 is 4.39 Å². The van der Waals surface area contributed by atoms with E-state index in [0.717, 1.165) is 54.6 Å². The first-order valence-electron chi connectivity index (χ1n) is 16.9. The van der Waals surface area contributed by atoms with E-state index in [1.807, 2.05) is 74.9 Å². The van der Waals surface area contributed by atoms with Crippen molar-refractivity contribution in [2.45, 2.75) is 84.2 Å². The van der Waals surface area contributed by atoms with Crippen LogP contribution < -0.4 is 4.90 Å². The van der Waals surface area contributed by atoms with Crippen molar-refractivity contribution in [1.29, 1.82) is 0 Å². The predicted octanol–water partition coefficient (Wildman–Crippen LogP) is 6.43. The van der Waals surface area contributed by atoms with Crippen LogP contribution >= 0.6 is 0 Å². The van der Waals surface area contributed by atoms with Gasteiger partial charge in [-0.25, -0.2) is 23.5 Å². The fourth-order valence-corrected chi connectivity index (χ4v) is 6.51. The molecule has 1 aliphatic carbocycles. The number of amides is 1. The molecule has 48 heavy (non-hydrogen) atoms. The molecule has 13 heteroatoms. The second-order valence-electron chi connectivity index (χ2n) is 14.3. The maximum atomic E-state index is 15.9. The van der Waals surface area contributed by atoms with Gasteiger partial charge in [0.05, 0.1) is 36.9 Å². The Labute approximate surface area is 279 Å². The van der Waals surface area contributed by atoms with Crippen LogP contribution in [0.5, 0.6) is 0 Å². The molecule has 254 valence electrons. The van der Waals surface area contributed by atoms with E-state index in [1.54, 1.807) is 26.5 Å². The molecule has 12 nitrogen and oxygen atoms in total. The van der Waals surface area contributed by atoms with Crippen molar-refractivity contribution in [1.82, 2.24) is 39.1 Å². The van der Waals surface area contributed by atoms with E-state index in [9.17, 15) is 4.79 Å². The lowest BCUT2D eigenvalue weighted by molar-refractivity contribution is -0.0369. The standard InChI is InChI=1S/C35H44FN9O3/c1-35(2,3)48-34(46)43(17-23-9-8-10-23)19-24-12-13-30-38-25(20-42(30)18-24)21-44-22-28(39-40-44)26-15-29(41(4)5)32(36)33-27(26)16-37-45(33)31-11-6-7-14-47-31/h12-13,15-16,18,20,22-23,31H,6-11,14,17,19,21H2,1-5H3. The lowest BCUT2D eigenvalue weighted by Crippen LogP contribution is -2.40. The largest absolute Gasteiger partial charge is 0.444 e. The van der Waals surface area contributed by atoms with Gasteiger partial charge in [-0.3, -0.25) is 0 Å². The second kappa shape index (κ2) is 12.8. The molecule has 0 bridgehead atoms. The highest BCUT2D eigenvalue weighted by molar-refractivity contribution is 5.97. The smallest absolute Gasteiger partial charge is 0.410 e. The minimum absolute atomic E-state index is 0.284. The van der Waals surface area contributed by atoms with Gasteiger partial charge in [-0.05, 0) is 76.5 Å². The summed E-state index contributed by atoms with van der Waals surface area (Å²) in [7, 11) is 3.64. The number of carbonyl (C=O) groups is 1. The molecule has 0 spiro atoms. The highest BCUT2D eigenvalue weighted by Gasteiger charge is 2.28. The molecule has 2 fully saturated rings. The number of carbonyl (C=O) groups excluding carboxylic acids is 1. The fourth-order valence-electron chi connectivity index (χ4n) is 6.51. The molecule has 1 aliphatic heterocycles. The highest BCUT2D eigenvalue weighted by atomic mass is 19.1. The first-order valence-corrected chi connectivity index (χ1v) is 16.9. The summed E-state index contributed by atoms with van der Waals surface area (Å²) in [5, 5.41) is 14.1. The first kappa shape index (κ1) is 32.0. The maximum absolute atomic E-state index is 15.9. The minimum atomic E-state index is -0.553. The van der Waals surface area contributed by atoms with Crippen molar-refractivity contribution in [3.05, 3.63) is 60.1 Å². The normalized spacial score (nSPS) is 17.2. The van der Waals surface area contributed by atoms with Gasteiger partial charge in [-0.2, -0.15) is 5.10 Å². The molecule has 4 aromatic heterocycles. The summed E-state index contributed by atoms with van der Waals surface area (Å²) in [6.45, 7) is 7.88. The summed E-state index contributed by atoms with van der Waals surface area (Å²) in [5.41, 5.74) is 4.27. The quantitative estimate of drug-likeness (QED) is 0.179. The summed E-state index contributed by atoms with van der Waals surface area (Å²) in [4.78, 5) is 21.5. The number of rotatable bonds is 9. The van der Waals surface area contributed by atoms with E-state index in [2.05, 4.69) is 15.4 Å². The van der Waals surface area contributed by atoms with Gasteiger partial charge < -0.3 is 23.7 Å². The Balaban J connectivity index is 1.12. The van der Waals surface area contributed by atoms with Gasteiger partial charge in [-0.15, -0.1) is 5.10 Å². The molecular weight excluding hydrogens is 613 g/mol. The monoisotopic (exact) mass is 657 g/mol. The van der Waals surface area contributed by atoms with Crippen molar-refractivity contribution in [2.75, 3.05) is 32.1 Å². The molecule has 7 rings (SSSR count). The van der Waals surface area contributed by atoms with Gasteiger partial charge in [0, 0.05) is 50.6 Å². The fraction of sp³-hybridized carbons (Fsp3) is 0.514. The lowest BCUT2D eigenvalue weighted by atomic mass is 9.85. The predicted molar refractivity (Wildman–Crippen MR) is 180 cm³/mol. The molecule has 1 unspecified atom stereocenters. The van der Waals surface area contributed by atoms with E-state index in [1.165, 1.54) is 6.42 Å². The Morgan fingerprint density at radius 1 is 1.10 bits per heavy atom. The Morgan fingerprint density at radius 2 is 1.94 bits per heavy atom. The number of pyridine rings is 1.